The van der Waals surface area contributed by atoms with Crippen molar-refractivity contribution in [2.75, 3.05) is 11.9 Å². The van der Waals surface area contributed by atoms with Crippen LogP contribution in [0.5, 0.6) is 0 Å². The van der Waals surface area contributed by atoms with Crippen molar-refractivity contribution in [2.24, 2.45) is 5.73 Å². The number of carbonyl (C=O) groups excluding carboxylic acids is 3. The Kier molecular flexibility index (Phi) is 5.05. The molecule has 1 amide bonds. The third-order valence-electron chi connectivity index (χ3n) is 6.97. The number of ether oxygens (including phenoxy) is 2. The second kappa shape index (κ2) is 8.06. The predicted molar refractivity (Wildman–Crippen MR) is 138 cm³/mol. The molecule has 0 saturated carbocycles. The number of carbonyl (C=O) groups is 3. The normalized spacial score (nSPS) is 19.8. The zero-order chi connectivity index (χ0) is 25.2. The van der Waals surface area contributed by atoms with Gasteiger partial charge in [0.05, 0.1) is 12.2 Å². The van der Waals surface area contributed by atoms with E-state index in [9.17, 15) is 14.4 Å². The number of rotatable bonds is 4. The average molecular weight is 545 g/mol. The Morgan fingerprint density at radius 2 is 1.86 bits per heavy atom. The van der Waals surface area contributed by atoms with Gasteiger partial charge in [0.1, 0.15) is 16.7 Å². The minimum atomic E-state index is -1.84. The number of fused-ring (bicyclic) bond motifs is 4. The average Bonchev–Trinajstić information content (AvgIpc) is 3.13. The van der Waals surface area contributed by atoms with E-state index in [0.29, 0.717) is 38.7 Å². The monoisotopic (exact) mass is 544 g/mol. The lowest BCUT2D eigenvalue weighted by atomic mass is 9.64. The Labute approximate surface area is 215 Å². The summed E-state index contributed by atoms with van der Waals surface area (Å²) in [6.07, 6.45) is 1.46. The summed E-state index contributed by atoms with van der Waals surface area (Å²) in [6, 6.07) is 16.2. The van der Waals surface area contributed by atoms with Crippen LogP contribution < -0.4 is 11.1 Å². The molecule has 0 fully saturated rings. The van der Waals surface area contributed by atoms with Gasteiger partial charge in [-0.3, -0.25) is 9.59 Å². The fourth-order valence-electron chi connectivity index (χ4n) is 5.41. The fraction of sp³-hybridized carbons (Fsp3) is 0.179. The standard InChI is InChI=1S/C28H21BrN2O5/c1-2-3-12-35-26(33)22-25(30)36-24-17-9-5-7-14-6-4-8-16(20(14)17)23(32)21(24)28(22)18-13-15(29)10-11-19(18)31-27(28)34/h4-11,13H,2-3,12,30H2,1H3,(H,31,34). The molecule has 3 aliphatic rings. The Hall–Kier alpha value is -3.91. The summed E-state index contributed by atoms with van der Waals surface area (Å²) >= 11 is 3.48. The van der Waals surface area contributed by atoms with Crippen molar-refractivity contribution in [1.29, 1.82) is 0 Å². The molecule has 0 radical (unpaired) electrons. The van der Waals surface area contributed by atoms with Crippen LogP contribution in [0.25, 0.3) is 16.5 Å². The molecule has 1 spiro atoms. The third kappa shape index (κ3) is 2.88. The van der Waals surface area contributed by atoms with E-state index in [1.165, 1.54) is 0 Å². The molecule has 0 saturated heterocycles. The maximum absolute atomic E-state index is 14.2. The van der Waals surface area contributed by atoms with Gasteiger partial charge < -0.3 is 20.5 Å². The molecule has 7 nitrogen and oxygen atoms in total. The van der Waals surface area contributed by atoms with E-state index < -0.39 is 23.1 Å². The highest BCUT2D eigenvalue weighted by atomic mass is 79.9. The topological polar surface area (TPSA) is 108 Å². The number of unbranched alkanes of at least 4 members (excludes halogenated alkanes) is 1. The fourth-order valence-corrected chi connectivity index (χ4v) is 5.78. The molecule has 2 aliphatic heterocycles. The van der Waals surface area contributed by atoms with Gasteiger partial charge in [-0.05, 0) is 30.0 Å². The first-order valence-electron chi connectivity index (χ1n) is 11.7. The quantitative estimate of drug-likeness (QED) is 0.355. The van der Waals surface area contributed by atoms with Crippen molar-refractivity contribution in [1.82, 2.24) is 0 Å². The lowest BCUT2D eigenvalue weighted by molar-refractivity contribution is -0.141. The first-order valence-corrected chi connectivity index (χ1v) is 12.5. The zero-order valence-corrected chi connectivity index (χ0v) is 20.9. The van der Waals surface area contributed by atoms with E-state index in [2.05, 4.69) is 21.2 Å². The summed E-state index contributed by atoms with van der Waals surface area (Å²) in [5.74, 6) is -1.84. The number of ketones is 1. The number of nitrogens with two attached hydrogens (primary N) is 1. The smallest absolute Gasteiger partial charge is 0.341 e. The Morgan fingerprint density at radius 3 is 2.61 bits per heavy atom. The molecule has 1 unspecified atom stereocenters. The number of anilines is 1. The first-order chi connectivity index (χ1) is 17.4. The zero-order valence-electron chi connectivity index (χ0n) is 19.3. The molecule has 3 N–H and O–H groups in total. The number of hydrogen-bond donors (Lipinski definition) is 2. The lowest BCUT2D eigenvalue weighted by Gasteiger charge is -2.38. The summed E-state index contributed by atoms with van der Waals surface area (Å²) < 4.78 is 12.3. The molecule has 0 aromatic heterocycles. The molecule has 3 aromatic carbocycles. The van der Waals surface area contributed by atoms with E-state index in [1.807, 2.05) is 31.2 Å². The van der Waals surface area contributed by atoms with Crippen molar-refractivity contribution < 1.29 is 23.9 Å². The minimum absolute atomic E-state index is 0.0553. The minimum Gasteiger partial charge on any atom is -0.462 e. The number of benzene rings is 3. The summed E-state index contributed by atoms with van der Waals surface area (Å²) in [5.41, 5.74) is 6.42. The van der Waals surface area contributed by atoms with Crippen LogP contribution in [-0.4, -0.2) is 24.3 Å². The largest absolute Gasteiger partial charge is 0.462 e. The number of esters is 1. The van der Waals surface area contributed by atoms with Gasteiger partial charge in [-0.15, -0.1) is 0 Å². The molecule has 36 heavy (non-hydrogen) atoms. The van der Waals surface area contributed by atoms with Crippen molar-refractivity contribution in [3.63, 3.8) is 0 Å². The van der Waals surface area contributed by atoms with Crippen molar-refractivity contribution >= 4 is 55.8 Å². The van der Waals surface area contributed by atoms with Gasteiger partial charge in [0.2, 0.25) is 11.8 Å². The molecule has 1 aliphatic carbocycles. The van der Waals surface area contributed by atoms with Gasteiger partial charge in [0, 0.05) is 32.2 Å². The molecule has 0 bridgehead atoms. The molecule has 6 rings (SSSR count). The van der Waals surface area contributed by atoms with Gasteiger partial charge in [-0.25, -0.2) is 4.79 Å². The highest BCUT2D eigenvalue weighted by Gasteiger charge is 2.62. The van der Waals surface area contributed by atoms with Gasteiger partial charge in [0.15, 0.2) is 5.78 Å². The van der Waals surface area contributed by atoms with E-state index in [-0.39, 0.29) is 29.4 Å². The van der Waals surface area contributed by atoms with Gasteiger partial charge in [-0.2, -0.15) is 0 Å². The van der Waals surface area contributed by atoms with Crippen LogP contribution in [-0.2, 0) is 24.5 Å². The molecule has 180 valence electrons. The Morgan fingerprint density at radius 1 is 1.11 bits per heavy atom. The molecule has 2 heterocycles. The molecule has 8 heteroatoms. The first kappa shape index (κ1) is 22.5. The van der Waals surface area contributed by atoms with Crippen molar-refractivity contribution in [3.05, 3.63) is 92.8 Å². The van der Waals surface area contributed by atoms with Crippen LogP contribution in [0.3, 0.4) is 0 Å². The van der Waals surface area contributed by atoms with E-state index in [1.54, 1.807) is 30.3 Å². The van der Waals surface area contributed by atoms with Crippen LogP contribution in [0.2, 0.25) is 0 Å². The summed E-state index contributed by atoms with van der Waals surface area (Å²) in [6.45, 7) is 2.12. The highest BCUT2D eigenvalue weighted by molar-refractivity contribution is 9.10. The van der Waals surface area contributed by atoms with E-state index in [4.69, 9.17) is 15.2 Å². The third-order valence-corrected chi connectivity index (χ3v) is 7.46. The van der Waals surface area contributed by atoms with Crippen LogP contribution in [0.4, 0.5) is 5.69 Å². The van der Waals surface area contributed by atoms with E-state index in [0.717, 1.165) is 11.8 Å². The molecule has 3 aromatic rings. The van der Waals surface area contributed by atoms with Crippen LogP contribution in [0, 0.1) is 0 Å². The Balaban J connectivity index is 1.69. The SMILES string of the molecule is CCCCOC(=O)C1=C(N)OC2=C(C(=O)c3cccc4cccc2c34)C12C(=O)Nc1ccc(Br)cc12. The van der Waals surface area contributed by atoms with E-state index >= 15 is 0 Å². The van der Waals surface area contributed by atoms with Gasteiger partial charge in [-0.1, -0.05) is 65.7 Å². The number of hydrogen-bond acceptors (Lipinski definition) is 6. The van der Waals surface area contributed by atoms with Gasteiger partial charge in [0.25, 0.3) is 0 Å². The number of amides is 1. The summed E-state index contributed by atoms with van der Waals surface area (Å²) in [5, 5.41) is 4.43. The van der Waals surface area contributed by atoms with Gasteiger partial charge >= 0.3 is 5.97 Å². The number of Topliss-reactive ketones (excluding diaryl/α,β-unsaturated/α-hetero) is 1. The van der Waals surface area contributed by atoms with Crippen molar-refractivity contribution in [3.8, 4) is 0 Å². The maximum atomic E-state index is 14.2. The summed E-state index contributed by atoms with van der Waals surface area (Å²) in [4.78, 5) is 41.8. The van der Waals surface area contributed by atoms with Crippen LogP contribution in [0.15, 0.2) is 76.1 Å². The van der Waals surface area contributed by atoms with Crippen LogP contribution >= 0.6 is 15.9 Å². The Bertz CT molecular complexity index is 1580. The molecular weight excluding hydrogens is 524 g/mol. The summed E-state index contributed by atoms with van der Waals surface area (Å²) in [7, 11) is 0. The predicted octanol–water partition coefficient (Wildman–Crippen LogP) is 4.94. The second-order valence-corrected chi connectivity index (χ2v) is 9.88. The number of halogens is 1. The molecule has 1 atom stereocenters. The lowest BCUT2D eigenvalue weighted by Crippen LogP contribution is -2.48. The molecular formula is C28H21BrN2O5. The number of nitrogens with one attached hydrogen (secondary N) is 1. The van der Waals surface area contributed by atoms with Crippen molar-refractivity contribution in [2.45, 2.75) is 25.2 Å². The highest BCUT2D eigenvalue weighted by Crippen LogP contribution is 2.56. The second-order valence-electron chi connectivity index (χ2n) is 8.97. The van der Waals surface area contributed by atoms with Crippen LogP contribution in [0.1, 0.15) is 41.3 Å². The maximum Gasteiger partial charge on any atom is 0.341 e.